The summed E-state index contributed by atoms with van der Waals surface area (Å²) in [4.78, 5) is 11.8. The quantitative estimate of drug-likeness (QED) is 0.700. The van der Waals surface area contributed by atoms with Crippen LogP contribution in [0.2, 0.25) is 0 Å². The normalized spacial score (nSPS) is 27.3. The lowest BCUT2D eigenvalue weighted by Crippen LogP contribution is -2.31. The zero-order valence-corrected chi connectivity index (χ0v) is 9.09. The number of hydrogen-bond acceptors (Lipinski definition) is 2. The lowest BCUT2D eigenvalue weighted by Gasteiger charge is -2.25. The summed E-state index contributed by atoms with van der Waals surface area (Å²) in [5.41, 5.74) is 6.94. The molecule has 2 N–H and O–H groups in total. The molecule has 0 bridgehead atoms. The summed E-state index contributed by atoms with van der Waals surface area (Å²) >= 11 is 0. The molecule has 0 radical (unpaired) electrons. The Morgan fingerprint density at radius 2 is 2.14 bits per heavy atom. The van der Waals surface area contributed by atoms with E-state index in [0.717, 1.165) is 37.7 Å². The van der Waals surface area contributed by atoms with Crippen molar-refractivity contribution in [1.82, 2.24) is 0 Å². The summed E-state index contributed by atoms with van der Waals surface area (Å²) in [6.07, 6.45) is 5.64. The van der Waals surface area contributed by atoms with Crippen LogP contribution in [0.1, 0.15) is 45.4 Å². The number of hydrogen-bond donors (Lipinski definition) is 1. The van der Waals surface area contributed by atoms with Gasteiger partial charge in [0.15, 0.2) is 0 Å². The summed E-state index contributed by atoms with van der Waals surface area (Å²) in [7, 11) is 0. The Labute approximate surface area is 86.6 Å². The summed E-state index contributed by atoms with van der Waals surface area (Å²) < 4.78 is 0. The van der Waals surface area contributed by atoms with E-state index in [1.807, 2.05) is 6.92 Å². The molecule has 0 spiro atoms. The molecule has 80 valence electrons. The molecular weight excluding hydrogens is 174 g/mol. The Kier molecular flexibility index (Phi) is 4.33. The topological polar surface area (TPSA) is 43.1 Å². The Bertz CT molecular complexity index is 222. The van der Waals surface area contributed by atoms with E-state index in [0.29, 0.717) is 12.2 Å². The van der Waals surface area contributed by atoms with Crippen molar-refractivity contribution in [2.24, 2.45) is 11.7 Å². The van der Waals surface area contributed by atoms with E-state index in [2.05, 4.69) is 6.58 Å². The third-order valence-electron chi connectivity index (χ3n) is 2.97. The van der Waals surface area contributed by atoms with E-state index >= 15 is 0 Å². The lowest BCUT2D eigenvalue weighted by molar-refractivity contribution is -0.123. The highest BCUT2D eigenvalue weighted by Gasteiger charge is 2.24. The molecule has 14 heavy (non-hydrogen) atoms. The fourth-order valence-corrected chi connectivity index (χ4v) is 2.06. The van der Waals surface area contributed by atoms with Gasteiger partial charge in [0.2, 0.25) is 0 Å². The molecule has 0 aromatic rings. The Morgan fingerprint density at radius 1 is 1.43 bits per heavy atom. The Hall–Kier alpha value is -0.630. The second-order valence-corrected chi connectivity index (χ2v) is 4.55. The first-order valence-electron chi connectivity index (χ1n) is 5.52. The minimum Gasteiger partial charge on any atom is -0.328 e. The van der Waals surface area contributed by atoms with E-state index in [-0.39, 0.29) is 12.0 Å². The molecule has 0 aliphatic heterocycles. The molecule has 0 heterocycles. The third kappa shape index (κ3) is 3.62. The average molecular weight is 195 g/mol. The number of carbonyl (C=O) groups excluding carboxylic acids is 1. The van der Waals surface area contributed by atoms with Crippen LogP contribution in [0, 0.1) is 5.92 Å². The van der Waals surface area contributed by atoms with Crippen molar-refractivity contribution >= 4 is 5.78 Å². The van der Waals surface area contributed by atoms with E-state index < -0.39 is 0 Å². The van der Waals surface area contributed by atoms with E-state index in [4.69, 9.17) is 5.73 Å². The molecule has 0 amide bonds. The van der Waals surface area contributed by atoms with Crippen molar-refractivity contribution < 1.29 is 4.79 Å². The monoisotopic (exact) mass is 195 g/mol. The van der Waals surface area contributed by atoms with Crippen LogP contribution in [-0.2, 0) is 4.79 Å². The number of allylic oxidation sites excluding steroid dienone is 1. The summed E-state index contributed by atoms with van der Waals surface area (Å²) in [6, 6.07) is 0.252. The first kappa shape index (κ1) is 11.4. The molecular formula is C12H21NO. The molecule has 1 aliphatic carbocycles. The Balaban J connectivity index is 2.32. The summed E-state index contributed by atoms with van der Waals surface area (Å²) in [5.74, 6) is 0.626. The van der Waals surface area contributed by atoms with Gasteiger partial charge in [-0.1, -0.05) is 12.0 Å². The van der Waals surface area contributed by atoms with Gasteiger partial charge >= 0.3 is 0 Å². The minimum atomic E-state index is 0.234. The predicted octanol–water partition coefficient (Wildman–Crippen LogP) is 2.43. The smallest absolute Gasteiger partial charge is 0.136 e. The molecule has 1 fully saturated rings. The molecule has 2 unspecified atom stereocenters. The van der Waals surface area contributed by atoms with Crippen LogP contribution in [0.5, 0.6) is 0 Å². The highest BCUT2D eigenvalue weighted by Crippen LogP contribution is 2.25. The van der Waals surface area contributed by atoms with Gasteiger partial charge in [0.25, 0.3) is 0 Å². The highest BCUT2D eigenvalue weighted by molar-refractivity contribution is 5.81. The number of carbonyl (C=O) groups is 1. The second-order valence-electron chi connectivity index (χ2n) is 4.55. The van der Waals surface area contributed by atoms with Gasteiger partial charge in [0, 0.05) is 18.4 Å². The molecule has 0 aromatic carbocycles. The highest BCUT2D eigenvalue weighted by atomic mass is 16.1. The largest absolute Gasteiger partial charge is 0.328 e. The Morgan fingerprint density at radius 3 is 2.71 bits per heavy atom. The van der Waals surface area contributed by atoms with Crippen molar-refractivity contribution in [1.29, 1.82) is 0 Å². The van der Waals surface area contributed by atoms with Crippen molar-refractivity contribution in [3.63, 3.8) is 0 Å². The maximum Gasteiger partial charge on any atom is 0.136 e. The molecule has 2 nitrogen and oxygen atoms in total. The van der Waals surface area contributed by atoms with E-state index in [1.165, 1.54) is 0 Å². The van der Waals surface area contributed by atoms with Crippen LogP contribution < -0.4 is 5.73 Å². The number of ketones is 1. The van der Waals surface area contributed by atoms with Crippen molar-refractivity contribution in [2.75, 3.05) is 0 Å². The SMILES string of the molecule is C=C(C)CCC(=O)C1CCCC(N)C1. The van der Waals surface area contributed by atoms with Gasteiger partial charge in [-0.25, -0.2) is 0 Å². The van der Waals surface area contributed by atoms with Crippen LogP contribution in [0.15, 0.2) is 12.2 Å². The van der Waals surface area contributed by atoms with Gasteiger partial charge in [-0.2, -0.15) is 0 Å². The van der Waals surface area contributed by atoms with Crippen molar-refractivity contribution in [3.8, 4) is 0 Å². The maximum absolute atomic E-state index is 11.8. The second kappa shape index (κ2) is 5.30. The first-order valence-corrected chi connectivity index (χ1v) is 5.52. The molecule has 1 saturated carbocycles. The molecule has 0 aromatic heterocycles. The van der Waals surface area contributed by atoms with Gasteiger partial charge in [-0.15, -0.1) is 6.58 Å². The van der Waals surface area contributed by atoms with Gasteiger partial charge in [-0.05, 0) is 32.6 Å². The summed E-state index contributed by atoms with van der Waals surface area (Å²) in [5, 5.41) is 0. The molecule has 1 aliphatic rings. The van der Waals surface area contributed by atoms with Crippen molar-refractivity contribution in [3.05, 3.63) is 12.2 Å². The lowest BCUT2D eigenvalue weighted by atomic mass is 9.82. The van der Waals surface area contributed by atoms with Gasteiger partial charge < -0.3 is 5.73 Å². The molecule has 1 rings (SSSR count). The third-order valence-corrected chi connectivity index (χ3v) is 2.97. The fraction of sp³-hybridized carbons (Fsp3) is 0.750. The number of nitrogens with two attached hydrogens (primary N) is 1. The molecule has 2 atom stereocenters. The van der Waals surface area contributed by atoms with Gasteiger partial charge in [0.05, 0.1) is 0 Å². The number of Topliss-reactive ketones (excluding diaryl/α,β-unsaturated/α-hetero) is 1. The van der Waals surface area contributed by atoms with Crippen LogP contribution in [0.25, 0.3) is 0 Å². The van der Waals surface area contributed by atoms with E-state index in [9.17, 15) is 4.79 Å². The fourth-order valence-electron chi connectivity index (χ4n) is 2.06. The van der Waals surface area contributed by atoms with Crippen LogP contribution >= 0.6 is 0 Å². The minimum absolute atomic E-state index is 0.234. The molecule has 2 heteroatoms. The average Bonchev–Trinajstić information content (AvgIpc) is 2.14. The van der Waals surface area contributed by atoms with Crippen LogP contribution in [0.3, 0.4) is 0 Å². The van der Waals surface area contributed by atoms with Crippen molar-refractivity contribution in [2.45, 2.75) is 51.5 Å². The van der Waals surface area contributed by atoms with Gasteiger partial charge in [0.1, 0.15) is 5.78 Å². The predicted molar refractivity (Wildman–Crippen MR) is 59.0 cm³/mol. The summed E-state index contributed by atoms with van der Waals surface area (Å²) in [6.45, 7) is 5.78. The first-order chi connectivity index (χ1) is 6.59. The van der Waals surface area contributed by atoms with Gasteiger partial charge in [-0.3, -0.25) is 4.79 Å². The van der Waals surface area contributed by atoms with Crippen LogP contribution in [0.4, 0.5) is 0 Å². The zero-order chi connectivity index (χ0) is 10.6. The number of rotatable bonds is 4. The zero-order valence-electron chi connectivity index (χ0n) is 9.09. The van der Waals surface area contributed by atoms with Crippen LogP contribution in [-0.4, -0.2) is 11.8 Å². The van der Waals surface area contributed by atoms with E-state index in [1.54, 1.807) is 0 Å². The standard InChI is InChI=1S/C12H21NO/c1-9(2)6-7-12(14)10-4-3-5-11(13)8-10/h10-11H,1,3-8,13H2,2H3. The maximum atomic E-state index is 11.8. The molecule has 0 saturated heterocycles.